The van der Waals surface area contributed by atoms with Gasteiger partial charge in [0.15, 0.2) is 0 Å². The standard InChI is InChI=1S/C16H26N2O2/c1-5-18(6-2)16(19)11-12-17-14-7-9-15(10-8-14)20-13(3)4/h7-10,13,17H,5-6,11-12H2,1-4H3. The molecule has 0 atom stereocenters. The fraction of sp³-hybridized carbons (Fsp3) is 0.562. The lowest BCUT2D eigenvalue weighted by Gasteiger charge is -2.18. The topological polar surface area (TPSA) is 41.6 Å². The van der Waals surface area contributed by atoms with Crippen LogP contribution in [0.5, 0.6) is 5.75 Å². The average Bonchev–Trinajstić information content (AvgIpc) is 2.41. The van der Waals surface area contributed by atoms with Crippen molar-refractivity contribution in [2.24, 2.45) is 0 Å². The first-order chi connectivity index (χ1) is 9.56. The van der Waals surface area contributed by atoms with Crippen molar-refractivity contribution < 1.29 is 9.53 Å². The number of ether oxygens (including phenoxy) is 1. The number of nitrogens with zero attached hydrogens (tertiary/aromatic N) is 1. The lowest BCUT2D eigenvalue weighted by atomic mass is 10.3. The van der Waals surface area contributed by atoms with Gasteiger partial charge < -0.3 is 15.0 Å². The van der Waals surface area contributed by atoms with Crippen LogP contribution >= 0.6 is 0 Å². The zero-order chi connectivity index (χ0) is 15.0. The van der Waals surface area contributed by atoms with Crippen molar-refractivity contribution in [2.75, 3.05) is 25.0 Å². The summed E-state index contributed by atoms with van der Waals surface area (Å²) in [4.78, 5) is 13.7. The number of hydrogen-bond donors (Lipinski definition) is 1. The molecule has 1 N–H and O–H groups in total. The van der Waals surface area contributed by atoms with E-state index in [-0.39, 0.29) is 12.0 Å². The Labute approximate surface area is 122 Å². The number of carbonyl (C=O) groups is 1. The van der Waals surface area contributed by atoms with E-state index in [1.54, 1.807) is 0 Å². The van der Waals surface area contributed by atoms with Crippen LogP contribution in [-0.4, -0.2) is 36.5 Å². The fourth-order valence-corrected chi connectivity index (χ4v) is 1.97. The molecule has 0 fully saturated rings. The van der Waals surface area contributed by atoms with Crippen molar-refractivity contribution in [3.63, 3.8) is 0 Å². The number of nitrogens with one attached hydrogen (secondary N) is 1. The Morgan fingerprint density at radius 3 is 2.30 bits per heavy atom. The highest BCUT2D eigenvalue weighted by Gasteiger charge is 2.08. The molecule has 20 heavy (non-hydrogen) atoms. The zero-order valence-electron chi connectivity index (χ0n) is 13.0. The van der Waals surface area contributed by atoms with Crippen molar-refractivity contribution in [1.29, 1.82) is 0 Å². The lowest BCUT2D eigenvalue weighted by molar-refractivity contribution is -0.130. The Hall–Kier alpha value is -1.71. The Morgan fingerprint density at radius 2 is 1.80 bits per heavy atom. The van der Waals surface area contributed by atoms with E-state index in [1.807, 2.05) is 56.9 Å². The minimum absolute atomic E-state index is 0.181. The predicted octanol–water partition coefficient (Wildman–Crippen LogP) is 3.14. The van der Waals surface area contributed by atoms with Crippen LogP contribution in [0, 0.1) is 0 Å². The van der Waals surface area contributed by atoms with Gasteiger partial charge in [0.1, 0.15) is 5.75 Å². The van der Waals surface area contributed by atoms with Gasteiger partial charge in [-0.15, -0.1) is 0 Å². The first-order valence-electron chi connectivity index (χ1n) is 7.35. The van der Waals surface area contributed by atoms with Crippen molar-refractivity contribution in [2.45, 2.75) is 40.2 Å². The van der Waals surface area contributed by atoms with Crippen LogP contribution in [0.25, 0.3) is 0 Å². The van der Waals surface area contributed by atoms with Gasteiger partial charge in [0.25, 0.3) is 0 Å². The molecule has 0 aliphatic rings. The van der Waals surface area contributed by atoms with Crippen molar-refractivity contribution in [1.82, 2.24) is 4.90 Å². The first-order valence-corrected chi connectivity index (χ1v) is 7.35. The fourth-order valence-electron chi connectivity index (χ4n) is 1.97. The van der Waals surface area contributed by atoms with Gasteiger partial charge in [0.2, 0.25) is 5.91 Å². The third-order valence-corrected chi connectivity index (χ3v) is 3.01. The molecule has 0 aromatic heterocycles. The van der Waals surface area contributed by atoms with Gasteiger partial charge in [-0.2, -0.15) is 0 Å². The third-order valence-electron chi connectivity index (χ3n) is 3.01. The number of hydrogen-bond acceptors (Lipinski definition) is 3. The van der Waals surface area contributed by atoms with E-state index in [9.17, 15) is 4.79 Å². The molecule has 0 saturated carbocycles. The van der Waals surface area contributed by atoms with Crippen LogP contribution in [0.2, 0.25) is 0 Å². The molecule has 1 rings (SSSR count). The third kappa shape index (κ3) is 5.51. The molecule has 1 amide bonds. The highest BCUT2D eigenvalue weighted by molar-refractivity contribution is 5.76. The molecular weight excluding hydrogens is 252 g/mol. The maximum Gasteiger partial charge on any atom is 0.224 e. The van der Waals surface area contributed by atoms with E-state index >= 15 is 0 Å². The average molecular weight is 278 g/mol. The number of rotatable bonds is 8. The summed E-state index contributed by atoms with van der Waals surface area (Å²) in [5, 5.41) is 3.26. The van der Waals surface area contributed by atoms with Crippen LogP contribution in [0.1, 0.15) is 34.1 Å². The molecule has 0 heterocycles. The van der Waals surface area contributed by atoms with Crippen molar-refractivity contribution in [3.8, 4) is 5.75 Å². The second kappa shape index (κ2) is 8.46. The Morgan fingerprint density at radius 1 is 1.20 bits per heavy atom. The van der Waals surface area contributed by atoms with Crippen LogP contribution < -0.4 is 10.1 Å². The smallest absolute Gasteiger partial charge is 0.224 e. The first kappa shape index (κ1) is 16.3. The molecule has 112 valence electrons. The van der Waals surface area contributed by atoms with Crippen LogP contribution in [0.4, 0.5) is 5.69 Å². The van der Waals surface area contributed by atoms with Crippen LogP contribution in [0.15, 0.2) is 24.3 Å². The van der Waals surface area contributed by atoms with Crippen molar-refractivity contribution >= 4 is 11.6 Å². The zero-order valence-corrected chi connectivity index (χ0v) is 13.0. The molecule has 0 bridgehead atoms. The van der Waals surface area contributed by atoms with Gasteiger partial charge in [0, 0.05) is 31.7 Å². The Balaban J connectivity index is 2.37. The molecule has 0 spiro atoms. The number of carbonyl (C=O) groups excluding carboxylic acids is 1. The van der Waals surface area contributed by atoms with Gasteiger partial charge in [-0.1, -0.05) is 0 Å². The summed E-state index contributed by atoms with van der Waals surface area (Å²) in [6.07, 6.45) is 0.701. The van der Waals surface area contributed by atoms with Crippen LogP contribution in [0.3, 0.4) is 0 Å². The summed E-state index contributed by atoms with van der Waals surface area (Å²) in [6.45, 7) is 10.2. The summed E-state index contributed by atoms with van der Waals surface area (Å²) in [5.74, 6) is 1.06. The number of anilines is 1. The van der Waals surface area contributed by atoms with Crippen molar-refractivity contribution in [3.05, 3.63) is 24.3 Å². The second-order valence-corrected chi connectivity index (χ2v) is 4.93. The maximum absolute atomic E-state index is 11.8. The molecule has 1 aromatic carbocycles. The monoisotopic (exact) mass is 278 g/mol. The van der Waals surface area contributed by atoms with E-state index in [1.165, 1.54) is 0 Å². The molecule has 0 unspecified atom stereocenters. The van der Waals surface area contributed by atoms with Gasteiger partial charge in [-0.25, -0.2) is 0 Å². The maximum atomic E-state index is 11.8. The SMILES string of the molecule is CCN(CC)C(=O)CCNc1ccc(OC(C)C)cc1. The van der Waals surface area contributed by atoms with E-state index in [4.69, 9.17) is 4.74 Å². The molecular formula is C16H26N2O2. The summed E-state index contributed by atoms with van der Waals surface area (Å²) in [7, 11) is 0. The molecule has 1 aromatic rings. The molecule has 4 heteroatoms. The summed E-state index contributed by atoms with van der Waals surface area (Å²) < 4.78 is 5.58. The quantitative estimate of drug-likeness (QED) is 0.794. The van der Waals surface area contributed by atoms with Gasteiger partial charge >= 0.3 is 0 Å². The highest BCUT2D eigenvalue weighted by atomic mass is 16.5. The lowest BCUT2D eigenvalue weighted by Crippen LogP contribution is -2.31. The minimum Gasteiger partial charge on any atom is -0.491 e. The van der Waals surface area contributed by atoms with E-state index in [0.29, 0.717) is 13.0 Å². The van der Waals surface area contributed by atoms with Gasteiger partial charge in [-0.05, 0) is 52.0 Å². The number of amides is 1. The van der Waals surface area contributed by atoms with E-state index in [0.717, 1.165) is 24.5 Å². The molecule has 0 radical (unpaired) electrons. The predicted molar refractivity (Wildman–Crippen MR) is 83.2 cm³/mol. The van der Waals surface area contributed by atoms with E-state index < -0.39 is 0 Å². The largest absolute Gasteiger partial charge is 0.491 e. The second-order valence-electron chi connectivity index (χ2n) is 4.93. The highest BCUT2D eigenvalue weighted by Crippen LogP contribution is 2.16. The molecule has 0 aliphatic heterocycles. The summed E-state index contributed by atoms with van der Waals surface area (Å²) in [6, 6.07) is 7.82. The molecule has 4 nitrogen and oxygen atoms in total. The van der Waals surface area contributed by atoms with Gasteiger partial charge in [0.05, 0.1) is 6.10 Å². The Bertz CT molecular complexity index is 397. The summed E-state index contributed by atoms with van der Waals surface area (Å²) >= 11 is 0. The van der Waals surface area contributed by atoms with E-state index in [2.05, 4.69) is 5.32 Å². The van der Waals surface area contributed by atoms with Gasteiger partial charge in [-0.3, -0.25) is 4.79 Å². The molecule has 0 aliphatic carbocycles. The normalized spacial score (nSPS) is 10.4. The Kier molecular flexibility index (Phi) is 6.91. The number of benzene rings is 1. The van der Waals surface area contributed by atoms with Crippen LogP contribution in [-0.2, 0) is 4.79 Å². The molecule has 0 saturated heterocycles. The minimum atomic E-state index is 0.181. The summed E-state index contributed by atoms with van der Waals surface area (Å²) in [5.41, 5.74) is 1.01.